The highest BCUT2D eigenvalue weighted by molar-refractivity contribution is 6.22. The molecule has 0 heterocycles. The van der Waals surface area contributed by atoms with Crippen LogP contribution in [0.5, 0.6) is 0 Å². The van der Waals surface area contributed by atoms with Gasteiger partial charge in [0.15, 0.2) is 11.6 Å². The van der Waals surface area contributed by atoms with Gasteiger partial charge < -0.3 is 0 Å². The summed E-state index contributed by atoms with van der Waals surface area (Å²) < 4.78 is 39.8. The van der Waals surface area contributed by atoms with Crippen molar-refractivity contribution in [1.29, 1.82) is 0 Å². The summed E-state index contributed by atoms with van der Waals surface area (Å²) >= 11 is 6.22. The van der Waals surface area contributed by atoms with Crippen molar-refractivity contribution in [2.24, 2.45) is 0 Å². The Labute approximate surface area is 114 Å². The van der Waals surface area contributed by atoms with Crippen LogP contribution in [-0.2, 0) is 6.42 Å². The van der Waals surface area contributed by atoms with E-state index in [1.807, 2.05) is 19.1 Å². The van der Waals surface area contributed by atoms with Crippen LogP contribution in [0.15, 0.2) is 36.4 Å². The van der Waals surface area contributed by atoms with Crippen LogP contribution in [-0.4, -0.2) is 0 Å². The zero-order valence-electron chi connectivity index (χ0n) is 10.3. The fourth-order valence-electron chi connectivity index (χ4n) is 2.00. The molecule has 0 aliphatic carbocycles. The summed E-state index contributed by atoms with van der Waals surface area (Å²) in [6, 6.07) is 8.61. The van der Waals surface area contributed by atoms with Crippen LogP contribution >= 0.6 is 11.6 Å². The van der Waals surface area contributed by atoms with Gasteiger partial charge in [-0.1, -0.05) is 31.2 Å². The Kier molecular flexibility index (Phi) is 4.15. The van der Waals surface area contributed by atoms with Crippen molar-refractivity contribution < 1.29 is 13.2 Å². The van der Waals surface area contributed by atoms with Gasteiger partial charge in [0.25, 0.3) is 0 Å². The van der Waals surface area contributed by atoms with E-state index in [9.17, 15) is 13.2 Å². The lowest BCUT2D eigenvalue weighted by Gasteiger charge is -2.15. The summed E-state index contributed by atoms with van der Waals surface area (Å²) in [6.45, 7) is 1.95. The number of rotatable bonds is 3. The summed E-state index contributed by atoms with van der Waals surface area (Å²) in [5, 5.41) is -0.841. The number of hydrogen-bond acceptors (Lipinski definition) is 0. The van der Waals surface area contributed by atoms with E-state index in [1.165, 1.54) is 0 Å². The van der Waals surface area contributed by atoms with E-state index in [0.29, 0.717) is 11.6 Å². The first-order valence-corrected chi connectivity index (χ1v) is 6.34. The molecule has 19 heavy (non-hydrogen) atoms. The fraction of sp³-hybridized carbons (Fsp3) is 0.200. The maximum absolute atomic E-state index is 13.7. The Morgan fingerprint density at radius 3 is 2.26 bits per heavy atom. The minimum absolute atomic E-state index is 0.0542. The van der Waals surface area contributed by atoms with E-state index in [4.69, 9.17) is 11.6 Å². The quantitative estimate of drug-likeness (QED) is 0.550. The Bertz CT molecular complexity index is 596. The molecule has 0 amide bonds. The van der Waals surface area contributed by atoms with E-state index in [1.54, 1.807) is 12.1 Å². The molecule has 0 aliphatic rings. The Balaban J connectivity index is 2.50. The molecular weight excluding hydrogens is 273 g/mol. The summed E-state index contributed by atoms with van der Waals surface area (Å²) in [6.07, 6.45) is 0.727. The number of hydrogen-bond donors (Lipinski definition) is 0. The zero-order valence-corrected chi connectivity index (χ0v) is 11.0. The molecule has 0 aromatic heterocycles. The average Bonchev–Trinajstić information content (AvgIpc) is 2.42. The van der Waals surface area contributed by atoms with Crippen LogP contribution in [0.1, 0.15) is 29.0 Å². The predicted octanol–water partition coefficient (Wildman–Crippen LogP) is 4.99. The van der Waals surface area contributed by atoms with Crippen molar-refractivity contribution >= 4 is 11.6 Å². The van der Waals surface area contributed by atoms with E-state index in [-0.39, 0.29) is 5.56 Å². The van der Waals surface area contributed by atoms with Crippen molar-refractivity contribution in [2.45, 2.75) is 18.7 Å². The minimum atomic E-state index is -1.21. The van der Waals surface area contributed by atoms with Gasteiger partial charge in [0.2, 0.25) is 0 Å². The average molecular weight is 285 g/mol. The van der Waals surface area contributed by atoms with Crippen LogP contribution in [0.25, 0.3) is 0 Å². The van der Waals surface area contributed by atoms with Crippen LogP contribution in [0.2, 0.25) is 0 Å². The maximum Gasteiger partial charge on any atom is 0.161 e. The highest BCUT2D eigenvalue weighted by atomic mass is 35.5. The Morgan fingerprint density at radius 2 is 1.58 bits per heavy atom. The summed E-state index contributed by atoms with van der Waals surface area (Å²) in [4.78, 5) is 0. The van der Waals surface area contributed by atoms with E-state index in [0.717, 1.165) is 18.1 Å². The van der Waals surface area contributed by atoms with Crippen LogP contribution in [0, 0.1) is 17.5 Å². The monoisotopic (exact) mass is 284 g/mol. The molecule has 0 spiro atoms. The van der Waals surface area contributed by atoms with Gasteiger partial charge in [-0.15, -0.1) is 11.6 Å². The predicted molar refractivity (Wildman–Crippen MR) is 69.8 cm³/mol. The van der Waals surface area contributed by atoms with Gasteiger partial charge in [-0.2, -0.15) is 0 Å². The molecule has 100 valence electrons. The molecule has 0 N–H and O–H groups in total. The second-order valence-corrected chi connectivity index (χ2v) is 4.64. The van der Waals surface area contributed by atoms with Crippen molar-refractivity contribution in [3.63, 3.8) is 0 Å². The van der Waals surface area contributed by atoms with Gasteiger partial charge in [-0.3, -0.25) is 0 Å². The molecule has 0 saturated heterocycles. The standard InChI is InChI=1S/C15H12ClF3/c1-2-9-5-3-4-6-10(9)15(16)11-7-13(18)14(19)8-12(11)17/h3-8,15H,2H2,1H3. The molecule has 0 aliphatic heterocycles. The van der Waals surface area contributed by atoms with Gasteiger partial charge in [0.05, 0.1) is 5.38 Å². The third-order valence-electron chi connectivity index (χ3n) is 3.02. The minimum Gasteiger partial charge on any atom is -0.207 e. The highest BCUT2D eigenvalue weighted by Crippen LogP contribution is 2.33. The summed E-state index contributed by atoms with van der Waals surface area (Å²) in [7, 11) is 0. The molecule has 1 unspecified atom stereocenters. The Morgan fingerprint density at radius 1 is 0.947 bits per heavy atom. The molecule has 0 bridgehead atoms. The van der Waals surface area contributed by atoms with Gasteiger partial charge in [-0.05, 0) is 23.6 Å². The molecule has 0 nitrogen and oxygen atoms in total. The Hall–Kier alpha value is -1.48. The van der Waals surface area contributed by atoms with E-state index in [2.05, 4.69) is 0 Å². The van der Waals surface area contributed by atoms with Crippen LogP contribution in [0.4, 0.5) is 13.2 Å². The van der Waals surface area contributed by atoms with Gasteiger partial charge in [-0.25, -0.2) is 13.2 Å². The van der Waals surface area contributed by atoms with Crippen molar-refractivity contribution in [3.8, 4) is 0 Å². The number of aryl methyl sites for hydroxylation is 1. The molecule has 2 aromatic rings. The van der Waals surface area contributed by atoms with E-state index >= 15 is 0 Å². The first-order chi connectivity index (χ1) is 9.04. The summed E-state index contributed by atoms with van der Waals surface area (Å²) in [5.41, 5.74) is 1.60. The number of alkyl halides is 1. The molecule has 2 aromatic carbocycles. The molecule has 0 fully saturated rings. The second kappa shape index (κ2) is 5.66. The number of benzene rings is 2. The summed E-state index contributed by atoms with van der Waals surface area (Å²) in [5.74, 6) is -3.16. The van der Waals surface area contributed by atoms with Gasteiger partial charge in [0.1, 0.15) is 5.82 Å². The lowest BCUT2D eigenvalue weighted by molar-refractivity contribution is 0.490. The lowest BCUT2D eigenvalue weighted by Crippen LogP contribution is -2.03. The van der Waals surface area contributed by atoms with Crippen LogP contribution in [0.3, 0.4) is 0 Å². The molecule has 4 heteroatoms. The third-order valence-corrected chi connectivity index (χ3v) is 3.49. The SMILES string of the molecule is CCc1ccccc1C(Cl)c1cc(F)c(F)cc1F. The van der Waals surface area contributed by atoms with E-state index < -0.39 is 22.8 Å². The molecular formula is C15H12ClF3. The van der Waals surface area contributed by atoms with Crippen LogP contribution < -0.4 is 0 Å². The fourth-order valence-corrected chi connectivity index (χ4v) is 2.38. The first kappa shape index (κ1) is 13.9. The molecule has 2 rings (SSSR count). The first-order valence-electron chi connectivity index (χ1n) is 5.91. The van der Waals surface area contributed by atoms with Crippen molar-refractivity contribution in [2.75, 3.05) is 0 Å². The molecule has 0 saturated carbocycles. The second-order valence-electron chi connectivity index (χ2n) is 4.20. The maximum atomic E-state index is 13.7. The molecule has 0 radical (unpaired) electrons. The number of halogens is 4. The molecule has 1 atom stereocenters. The van der Waals surface area contributed by atoms with Crippen molar-refractivity contribution in [3.05, 3.63) is 70.5 Å². The third kappa shape index (κ3) is 2.76. The lowest BCUT2D eigenvalue weighted by atomic mass is 9.97. The topological polar surface area (TPSA) is 0 Å². The zero-order chi connectivity index (χ0) is 14.0. The van der Waals surface area contributed by atoms with Crippen molar-refractivity contribution in [1.82, 2.24) is 0 Å². The van der Waals surface area contributed by atoms with Gasteiger partial charge >= 0.3 is 0 Å². The smallest absolute Gasteiger partial charge is 0.161 e. The van der Waals surface area contributed by atoms with Gasteiger partial charge in [0, 0.05) is 11.6 Å². The normalized spacial score (nSPS) is 12.5. The highest BCUT2D eigenvalue weighted by Gasteiger charge is 2.20. The largest absolute Gasteiger partial charge is 0.207 e.